The monoisotopic (exact) mass is 299 g/mol. The van der Waals surface area contributed by atoms with E-state index in [1.165, 1.54) is 62.3 Å². The lowest BCUT2D eigenvalue weighted by molar-refractivity contribution is 0.104. The zero-order valence-electron chi connectivity index (χ0n) is 14.3. The first-order valence-corrected chi connectivity index (χ1v) is 8.90. The largest absolute Gasteiger partial charge is 0.365 e. The molecule has 3 heterocycles. The predicted molar refractivity (Wildman–Crippen MR) is 92.7 cm³/mol. The van der Waals surface area contributed by atoms with Gasteiger partial charge in [0, 0.05) is 36.9 Å². The van der Waals surface area contributed by atoms with Gasteiger partial charge in [0.05, 0.1) is 0 Å². The zero-order valence-corrected chi connectivity index (χ0v) is 14.3. The number of aryl methyl sites for hydroxylation is 2. The van der Waals surface area contributed by atoms with Crippen molar-refractivity contribution in [3.63, 3.8) is 0 Å². The Hall–Kier alpha value is -1.06. The molecule has 0 aromatic heterocycles. The molecule has 2 atom stereocenters. The molecule has 0 amide bonds. The molecule has 0 spiro atoms. The summed E-state index contributed by atoms with van der Waals surface area (Å²) in [5.41, 5.74) is 4.29. The van der Waals surface area contributed by atoms with Gasteiger partial charge in [-0.25, -0.2) is 0 Å². The van der Waals surface area contributed by atoms with Crippen LogP contribution >= 0.6 is 0 Å². The van der Waals surface area contributed by atoms with Crippen LogP contribution in [0.15, 0.2) is 18.2 Å². The summed E-state index contributed by atoms with van der Waals surface area (Å²) in [6.07, 6.45) is 4.10. The number of rotatable bonds is 2. The lowest BCUT2D eigenvalue weighted by Gasteiger charge is -2.42. The van der Waals surface area contributed by atoms with Crippen LogP contribution in [0.25, 0.3) is 0 Å². The normalized spacial score (nSPS) is 30.4. The Balaban J connectivity index is 1.45. The third kappa shape index (κ3) is 2.44. The summed E-state index contributed by atoms with van der Waals surface area (Å²) in [6, 6.07) is 9.31. The number of fused-ring (bicyclic) bond motifs is 2. The summed E-state index contributed by atoms with van der Waals surface area (Å²) in [5, 5.41) is 0. The zero-order chi connectivity index (χ0) is 15.3. The molecule has 3 aliphatic heterocycles. The summed E-state index contributed by atoms with van der Waals surface area (Å²) >= 11 is 0. The number of piperidine rings is 1. The molecule has 0 saturated carbocycles. The molecule has 22 heavy (non-hydrogen) atoms. The van der Waals surface area contributed by atoms with Crippen molar-refractivity contribution in [1.82, 2.24) is 9.80 Å². The summed E-state index contributed by atoms with van der Waals surface area (Å²) in [4.78, 5) is 8.01. The highest BCUT2D eigenvalue weighted by atomic mass is 15.4. The second-order valence-electron chi connectivity index (χ2n) is 7.72. The Morgan fingerprint density at radius 1 is 0.955 bits per heavy atom. The maximum Gasteiger partial charge on any atom is 0.0433 e. The lowest BCUT2D eigenvalue weighted by atomic mass is 10.0. The van der Waals surface area contributed by atoms with Crippen LogP contribution in [0.3, 0.4) is 0 Å². The van der Waals surface area contributed by atoms with Crippen molar-refractivity contribution in [3.8, 4) is 0 Å². The fourth-order valence-electron chi connectivity index (χ4n) is 4.89. The van der Waals surface area contributed by atoms with E-state index in [9.17, 15) is 0 Å². The molecular formula is C19H29N3. The second-order valence-corrected chi connectivity index (χ2v) is 7.72. The van der Waals surface area contributed by atoms with Gasteiger partial charge < -0.3 is 9.80 Å². The molecule has 3 aliphatic rings. The van der Waals surface area contributed by atoms with Gasteiger partial charge >= 0.3 is 0 Å². The molecule has 1 aromatic rings. The first-order chi connectivity index (χ1) is 10.6. The molecule has 120 valence electrons. The van der Waals surface area contributed by atoms with Gasteiger partial charge in [-0.05, 0) is 64.9 Å². The van der Waals surface area contributed by atoms with Crippen LogP contribution in [0.1, 0.15) is 30.4 Å². The van der Waals surface area contributed by atoms with Gasteiger partial charge in [0.15, 0.2) is 0 Å². The highest BCUT2D eigenvalue weighted by Crippen LogP contribution is 2.38. The number of hydrogen-bond donors (Lipinski definition) is 0. The Morgan fingerprint density at radius 3 is 2.36 bits per heavy atom. The van der Waals surface area contributed by atoms with E-state index in [4.69, 9.17) is 0 Å². The first kappa shape index (κ1) is 14.5. The highest BCUT2D eigenvalue weighted by Gasteiger charge is 2.46. The van der Waals surface area contributed by atoms with Crippen molar-refractivity contribution in [2.45, 2.75) is 51.2 Å². The third-order valence-electron chi connectivity index (χ3n) is 6.10. The van der Waals surface area contributed by atoms with Crippen LogP contribution < -0.4 is 4.90 Å². The molecule has 1 aromatic carbocycles. The standard InChI is InChI=1S/C19H29N3/c1-14-4-5-19(15(2)10-14)22-13-17-11-18(22)12-21(17)16-6-8-20(3)9-7-16/h4-5,10,16-18H,6-9,11-13H2,1-3H3. The molecule has 3 fully saturated rings. The van der Waals surface area contributed by atoms with Crippen molar-refractivity contribution in [2.75, 3.05) is 38.1 Å². The Bertz CT molecular complexity index is 548. The van der Waals surface area contributed by atoms with Crippen molar-refractivity contribution in [3.05, 3.63) is 29.3 Å². The van der Waals surface area contributed by atoms with Crippen LogP contribution in [0.5, 0.6) is 0 Å². The number of anilines is 1. The van der Waals surface area contributed by atoms with E-state index in [-0.39, 0.29) is 0 Å². The molecular weight excluding hydrogens is 270 g/mol. The minimum absolute atomic E-state index is 0.742. The van der Waals surface area contributed by atoms with E-state index in [0.29, 0.717) is 0 Å². The average Bonchev–Trinajstić information content (AvgIpc) is 3.08. The molecule has 0 aliphatic carbocycles. The summed E-state index contributed by atoms with van der Waals surface area (Å²) in [6.45, 7) is 9.53. The van der Waals surface area contributed by atoms with Gasteiger partial charge in [-0.15, -0.1) is 0 Å². The van der Waals surface area contributed by atoms with Gasteiger partial charge in [-0.3, -0.25) is 4.90 Å². The van der Waals surface area contributed by atoms with Crippen molar-refractivity contribution >= 4 is 5.69 Å². The molecule has 4 rings (SSSR count). The number of hydrogen-bond acceptors (Lipinski definition) is 3. The van der Waals surface area contributed by atoms with Crippen LogP contribution in [0, 0.1) is 13.8 Å². The number of likely N-dealkylation sites (tertiary alicyclic amines) is 2. The first-order valence-electron chi connectivity index (χ1n) is 8.90. The van der Waals surface area contributed by atoms with Crippen LogP contribution in [-0.2, 0) is 0 Å². The van der Waals surface area contributed by atoms with Crippen LogP contribution in [0.2, 0.25) is 0 Å². The topological polar surface area (TPSA) is 9.72 Å². The number of benzene rings is 1. The van der Waals surface area contributed by atoms with Gasteiger partial charge in [-0.1, -0.05) is 17.7 Å². The SMILES string of the molecule is Cc1ccc(N2CC3CC2CN3C2CCN(C)CC2)c(C)c1. The van der Waals surface area contributed by atoms with Gasteiger partial charge in [0.1, 0.15) is 0 Å². The highest BCUT2D eigenvalue weighted by molar-refractivity contribution is 5.57. The van der Waals surface area contributed by atoms with E-state index in [0.717, 1.165) is 18.1 Å². The van der Waals surface area contributed by atoms with Crippen molar-refractivity contribution in [2.24, 2.45) is 0 Å². The van der Waals surface area contributed by atoms with E-state index in [1.54, 1.807) is 0 Å². The maximum atomic E-state index is 2.84. The van der Waals surface area contributed by atoms with E-state index in [2.05, 4.69) is 53.8 Å². The minimum Gasteiger partial charge on any atom is -0.365 e. The molecule has 2 bridgehead atoms. The number of piperazine rings is 1. The Kier molecular flexibility index (Phi) is 3.66. The van der Waals surface area contributed by atoms with Crippen molar-refractivity contribution < 1.29 is 0 Å². The van der Waals surface area contributed by atoms with Gasteiger partial charge in [-0.2, -0.15) is 0 Å². The van der Waals surface area contributed by atoms with Crippen molar-refractivity contribution in [1.29, 1.82) is 0 Å². The van der Waals surface area contributed by atoms with E-state index in [1.807, 2.05) is 0 Å². The van der Waals surface area contributed by atoms with Crippen LogP contribution in [0.4, 0.5) is 5.69 Å². The quantitative estimate of drug-likeness (QED) is 0.831. The summed E-state index contributed by atoms with van der Waals surface area (Å²) in [7, 11) is 2.26. The predicted octanol–water partition coefficient (Wildman–Crippen LogP) is 2.66. The second kappa shape index (κ2) is 5.54. The molecule has 2 unspecified atom stereocenters. The molecule has 3 saturated heterocycles. The fraction of sp³-hybridized carbons (Fsp3) is 0.684. The molecule has 3 heteroatoms. The van der Waals surface area contributed by atoms with Crippen LogP contribution in [-0.4, -0.2) is 61.2 Å². The smallest absolute Gasteiger partial charge is 0.0433 e. The summed E-state index contributed by atoms with van der Waals surface area (Å²) < 4.78 is 0. The van der Waals surface area contributed by atoms with Gasteiger partial charge in [0.25, 0.3) is 0 Å². The molecule has 0 radical (unpaired) electrons. The van der Waals surface area contributed by atoms with Gasteiger partial charge in [0.2, 0.25) is 0 Å². The van der Waals surface area contributed by atoms with E-state index < -0.39 is 0 Å². The lowest BCUT2D eigenvalue weighted by Crippen LogP contribution is -2.53. The molecule has 3 nitrogen and oxygen atoms in total. The molecule has 0 N–H and O–H groups in total. The van der Waals surface area contributed by atoms with E-state index >= 15 is 0 Å². The number of nitrogens with zero attached hydrogens (tertiary/aromatic N) is 3. The third-order valence-corrected chi connectivity index (χ3v) is 6.10. The summed E-state index contributed by atoms with van der Waals surface area (Å²) in [5.74, 6) is 0. The Morgan fingerprint density at radius 2 is 1.73 bits per heavy atom. The maximum absolute atomic E-state index is 2.84. The Labute approximate surface area is 134 Å². The minimum atomic E-state index is 0.742. The average molecular weight is 299 g/mol. The fourth-order valence-corrected chi connectivity index (χ4v) is 4.89.